The van der Waals surface area contributed by atoms with E-state index in [1.165, 1.54) is 411 Å². The molecule has 0 saturated carbocycles. The molecule has 1 atom stereocenters. The quantitative estimate of drug-likeness (QED) is 0.0373. The van der Waals surface area contributed by atoms with Gasteiger partial charge in [0, 0.05) is 12.8 Å². The first-order valence-electron chi connectivity index (χ1n) is 41.5. The van der Waals surface area contributed by atoms with Gasteiger partial charge in [-0.25, -0.2) is 0 Å². The first-order chi connectivity index (χ1) is 44.6. The molecule has 0 radical (unpaired) electrons. The standard InChI is InChI=1S/C85H162O5/c1-3-5-7-9-11-13-15-17-19-21-23-25-27-29-31-33-35-37-39-41-42-44-45-47-49-51-53-55-57-59-61-63-65-67-69-71-73-75-77-79-84(87)89-82-83(81-86)90-85(88)80-78-76-74-72-70-68-66-64-62-60-58-56-54-52-50-48-46-43-40-38-36-34-32-30-28-26-24-22-20-18-16-14-12-10-8-6-4-2/h16,18,21-24,83,86H,3-15,17,19-20,25-82H2,1-2H3/b18-16-,23-21-,24-22-. The number of carbonyl (C=O) groups excluding carboxylic acids is 2. The second kappa shape index (κ2) is 81.4. The number of ether oxygens (including phenoxy) is 2. The van der Waals surface area contributed by atoms with Crippen molar-refractivity contribution < 1.29 is 24.2 Å². The van der Waals surface area contributed by atoms with Crippen molar-refractivity contribution in [1.82, 2.24) is 0 Å². The fraction of sp³-hybridized carbons (Fsp3) is 0.906. The molecule has 0 aromatic carbocycles. The lowest BCUT2D eigenvalue weighted by molar-refractivity contribution is -0.161. The van der Waals surface area contributed by atoms with Crippen LogP contribution in [0.25, 0.3) is 0 Å². The third-order valence-electron chi connectivity index (χ3n) is 19.4. The number of allylic oxidation sites excluding steroid dienone is 6. The van der Waals surface area contributed by atoms with Crippen molar-refractivity contribution in [2.75, 3.05) is 13.2 Å². The van der Waals surface area contributed by atoms with E-state index in [9.17, 15) is 14.7 Å². The minimum Gasteiger partial charge on any atom is -0.462 e. The molecule has 5 nitrogen and oxygen atoms in total. The molecular formula is C85H162O5. The SMILES string of the molecule is CCCCCCC/C=C\C/C=C\CCCCCCCCCCCCCCCCCCCCCCCCCCCC(=O)OC(CO)COC(=O)CCCCCCCCCCCCCCCCCCCCCCCCCCCCC/C=C\CCCCCCCCCC. The molecule has 0 amide bonds. The number of rotatable bonds is 79. The van der Waals surface area contributed by atoms with Gasteiger partial charge in [-0.2, -0.15) is 0 Å². The Bertz CT molecular complexity index is 1430. The Kier molecular flexibility index (Phi) is 79.7. The first-order valence-corrected chi connectivity index (χ1v) is 41.5. The lowest BCUT2D eigenvalue weighted by atomic mass is 10.0. The van der Waals surface area contributed by atoms with E-state index in [2.05, 4.69) is 50.3 Å². The number of hydrogen-bond acceptors (Lipinski definition) is 5. The summed E-state index contributed by atoms with van der Waals surface area (Å²) in [6.45, 7) is 4.20. The average Bonchev–Trinajstić information content (AvgIpc) is 3.62. The van der Waals surface area contributed by atoms with E-state index in [-0.39, 0.29) is 25.2 Å². The third kappa shape index (κ3) is 78.6. The molecule has 0 fully saturated rings. The van der Waals surface area contributed by atoms with Crippen LogP contribution in [0.4, 0.5) is 0 Å². The Hall–Kier alpha value is -1.88. The number of hydrogen-bond donors (Lipinski definition) is 1. The molecule has 0 aromatic heterocycles. The molecule has 0 heterocycles. The van der Waals surface area contributed by atoms with Crippen LogP contribution >= 0.6 is 0 Å². The van der Waals surface area contributed by atoms with E-state index in [0.717, 1.165) is 38.5 Å². The van der Waals surface area contributed by atoms with Crippen molar-refractivity contribution in [3.8, 4) is 0 Å². The van der Waals surface area contributed by atoms with Crippen molar-refractivity contribution in [3.63, 3.8) is 0 Å². The van der Waals surface area contributed by atoms with Gasteiger partial charge in [0.2, 0.25) is 0 Å². The van der Waals surface area contributed by atoms with Crippen LogP contribution < -0.4 is 0 Å². The van der Waals surface area contributed by atoms with Crippen molar-refractivity contribution in [2.24, 2.45) is 0 Å². The number of carbonyl (C=O) groups is 2. The van der Waals surface area contributed by atoms with Crippen LogP contribution in [0.15, 0.2) is 36.5 Å². The normalized spacial score (nSPS) is 12.3. The van der Waals surface area contributed by atoms with E-state index >= 15 is 0 Å². The molecule has 1 unspecified atom stereocenters. The molecule has 532 valence electrons. The summed E-state index contributed by atoms with van der Waals surface area (Å²) in [7, 11) is 0. The highest BCUT2D eigenvalue weighted by Gasteiger charge is 2.16. The van der Waals surface area contributed by atoms with Crippen molar-refractivity contribution >= 4 is 11.9 Å². The van der Waals surface area contributed by atoms with Crippen LogP contribution in [0.1, 0.15) is 476 Å². The van der Waals surface area contributed by atoms with Gasteiger partial charge in [-0.1, -0.05) is 429 Å². The molecule has 0 aliphatic heterocycles. The number of aliphatic hydroxyl groups is 1. The summed E-state index contributed by atoms with van der Waals surface area (Å²) in [5.74, 6) is -0.560. The minimum absolute atomic E-state index is 0.0577. The average molecular weight is 1260 g/mol. The summed E-state index contributed by atoms with van der Waals surface area (Å²) in [6.07, 6.45) is 110. The van der Waals surface area contributed by atoms with Crippen LogP contribution in [0, 0.1) is 0 Å². The maximum Gasteiger partial charge on any atom is 0.306 e. The predicted molar refractivity (Wildman–Crippen MR) is 399 cm³/mol. The van der Waals surface area contributed by atoms with E-state index in [0.29, 0.717) is 12.8 Å². The Labute approximate surface area is 565 Å². The fourth-order valence-electron chi connectivity index (χ4n) is 13.2. The number of esters is 2. The lowest BCUT2D eigenvalue weighted by Crippen LogP contribution is -2.28. The van der Waals surface area contributed by atoms with E-state index < -0.39 is 6.10 Å². The van der Waals surface area contributed by atoms with Gasteiger partial charge in [0.1, 0.15) is 6.61 Å². The molecular weight excluding hydrogens is 1100 g/mol. The number of aliphatic hydroxyl groups excluding tert-OH is 1. The predicted octanol–water partition coefficient (Wildman–Crippen LogP) is 29.2. The van der Waals surface area contributed by atoms with E-state index in [4.69, 9.17) is 9.47 Å². The van der Waals surface area contributed by atoms with Gasteiger partial charge in [0.05, 0.1) is 6.61 Å². The molecule has 0 spiro atoms. The van der Waals surface area contributed by atoms with Crippen molar-refractivity contribution in [3.05, 3.63) is 36.5 Å². The number of unbranched alkanes of at least 4 members (excludes halogenated alkanes) is 65. The Balaban J connectivity index is 3.34. The molecule has 0 aromatic rings. The van der Waals surface area contributed by atoms with Crippen LogP contribution in [0.5, 0.6) is 0 Å². The zero-order chi connectivity index (χ0) is 64.7. The van der Waals surface area contributed by atoms with E-state index in [1.807, 2.05) is 0 Å². The molecule has 1 N–H and O–H groups in total. The molecule has 0 saturated heterocycles. The minimum atomic E-state index is -0.769. The van der Waals surface area contributed by atoms with Gasteiger partial charge in [0.25, 0.3) is 0 Å². The zero-order valence-corrected chi connectivity index (χ0v) is 61.4. The highest BCUT2D eigenvalue weighted by molar-refractivity contribution is 5.70. The smallest absolute Gasteiger partial charge is 0.306 e. The lowest BCUT2D eigenvalue weighted by Gasteiger charge is -2.15. The van der Waals surface area contributed by atoms with Gasteiger partial charge in [-0.05, 0) is 70.6 Å². The second-order valence-electron chi connectivity index (χ2n) is 28.6. The highest BCUT2D eigenvalue weighted by Crippen LogP contribution is 2.20. The summed E-state index contributed by atoms with van der Waals surface area (Å²) >= 11 is 0. The summed E-state index contributed by atoms with van der Waals surface area (Å²) in [6, 6.07) is 0. The van der Waals surface area contributed by atoms with Gasteiger partial charge in [0.15, 0.2) is 6.10 Å². The van der Waals surface area contributed by atoms with Crippen molar-refractivity contribution in [1.29, 1.82) is 0 Å². The molecule has 0 aliphatic carbocycles. The molecule has 0 aliphatic rings. The van der Waals surface area contributed by atoms with Crippen LogP contribution in [-0.4, -0.2) is 36.4 Å². The maximum atomic E-state index is 12.4. The summed E-state index contributed by atoms with van der Waals surface area (Å²) < 4.78 is 10.8. The third-order valence-corrected chi connectivity index (χ3v) is 19.4. The van der Waals surface area contributed by atoms with Gasteiger partial charge in [-0.3, -0.25) is 9.59 Å². The van der Waals surface area contributed by atoms with Gasteiger partial charge < -0.3 is 14.6 Å². The topological polar surface area (TPSA) is 72.8 Å². The summed E-state index contributed by atoms with van der Waals surface area (Å²) in [5.41, 5.74) is 0. The summed E-state index contributed by atoms with van der Waals surface area (Å²) in [5, 5.41) is 9.73. The van der Waals surface area contributed by atoms with Crippen LogP contribution in [-0.2, 0) is 19.1 Å². The monoisotopic (exact) mass is 1260 g/mol. The molecule has 90 heavy (non-hydrogen) atoms. The fourth-order valence-corrected chi connectivity index (χ4v) is 13.2. The van der Waals surface area contributed by atoms with Gasteiger partial charge in [-0.15, -0.1) is 0 Å². The Morgan fingerprint density at radius 2 is 0.444 bits per heavy atom. The molecule has 0 bridgehead atoms. The van der Waals surface area contributed by atoms with Crippen LogP contribution in [0.2, 0.25) is 0 Å². The van der Waals surface area contributed by atoms with Crippen molar-refractivity contribution in [2.45, 2.75) is 482 Å². The maximum absolute atomic E-state index is 12.4. The molecule has 5 heteroatoms. The largest absolute Gasteiger partial charge is 0.462 e. The van der Waals surface area contributed by atoms with Crippen LogP contribution in [0.3, 0.4) is 0 Å². The highest BCUT2D eigenvalue weighted by atomic mass is 16.6. The zero-order valence-electron chi connectivity index (χ0n) is 61.4. The Morgan fingerprint density at radius 1 is 0.256 bits per heavy atom. The first kappa shape index (κ1) is 88.1. The van der Waals surface area contributed by atoms with E-state index in [1.54, 1.807) is 0 Å². The second-order valence-corrected chi connectivity index (χ2v) is 28.6. The molecule has 0 rings (SSSR count). The van der Waals surface area contributed by atoms with Gasteiger partial charge >= 0.3 is 11.9 Å². The summed E-state index contributed by atoms with van der Waals surface area (Å²) in [4.78, 5) is 24.7. The Morgan fingerprint density at radius 3 is 0.667 bits per heavy atom.